The van der Waals surface area contributed by atoms with Gasteiger partial charge in [-0.3, -0.25) is 0 Å². The summed E-state index contributed by atoms with van der Waals surface area (Å²) in [6, 6.07) is 6.67. The van der Waals surface area contributed by atoms with Gasteiger partial charge in [0.05, 0.1) is 15.5 Å². The summed E-state index contributed by atoms with van der Waals surface area (Å²) in [7, 11) is 0. The van der Waals surface area contributed by atoms with E-state index < -0.39 is 23.8 Å². The minimum absolute atomic E-state index is 0.0515. The van der Waals surface area contributed by atoms with E-state index in [9.17, 15) is 18.3 Å². The number of aliphatic hydroxyl groups excluding tert-OH is 1. The zero-order valence-electron chi connectivity index (χ0n) is 10.8. The van der Waals surface area contributed by atoms with Crippen molar-refractivity contribution >= 4 is 27.3 Å². The molecule has 0 aliphatic rings. The SMILES string of the molecule is NCC(c1cccc(C(F)(F)F)c1)C(O)c1csc(Br)c1. The smallest absolute Gasteiger partial charge is 0.388 e. The van der Waals surface area contributed by atoms with Crippen molar-refractivity contribution in [2.45, 2.75) is 18.2 Å². The summed E-state index contributed by atoms with van der Waals surface area (Å²) >= 11 is 4.69. The van der Waals surface area contributed by atoms with Crippen LogP contribution < -0.4 is 5.73 Å². The molecule has 0 aliphatic carbocycles. The van der Waals surface area contributed by atoms with Crippen LogP contribution in [0.2, 0.25) is 0 Å². The molecule has 0 bridgehead atoms. The lowest BCUT2D eigenvalue weighted by atomic mass is 9.89. The van der Waals surface area contributed by atoms with E-state index in [2.05, 4.69) is 15.9 Å². The fraction of sp³-hybridized carbons (Fsp3) is 0.286. The van der Waals surface area contributed by atoms with Crippen molar-refractivity contribution in [1.82, 2.24) is 0 Å². The zero-order valence-corrected chi connectivity index (χ0v) is 13.2. The van der Waals surface area contributed by atoms with Gasteiger partial charge < -0.3 is 10.8 Å². The fourth-order valence-corrected chi connectivity index (χ4v) is 3.31. The molecular weight excluding hydrogens is 367 g/mol. The van der Waals surface area contributed by atoms with Crippen LogP contribution >= 0.6 is 27.3 Å². The summed E-state index contributed by atoms with van der Waals surface area (Å²) in [5.74, 6) is -0.589. The third kappa shape index (κ3) is 3.85. The lowest BCUT2D eigenvalue weighted by Crippen LogP contribution is -2.20. The van der Waals surface area contributed by atoms with Gasteiger partial charge >= 0.3 is 6.18 Å². The Morgan fingerprint density at radius 2 is 1.95 bits per heavy atom. The van der Waals surface area contributed by atoms with Crippen LogP contribution in [-0.4, -0.2) is 11.7 Å². The third-order valence-corrected chi connectivity index (χ3v) is 4.73. The van der Waals surface area contributed by atoms with E-state index in [1.54, 1.807) is 17.5 Å². The molecule has 0 amide bonds. The topological polar surface area (TPSA) is 46.2 Å². The standard InChI is InChI=1S/C14H13BrF3NOS/c15-12-5-9(7-21-12)13(20)11(6-19)8-2-1-3-10(4-8)14(16,17)18/h1-5,7,11,13,20H,6,19H2. The minimum Gasteiger partial charge on any atom is -0.388 e. The van der Waals surface area contributed by atoms with Gasteiger partial charge in [0.1, 0.15) is 0 Å². The van der Waals surface area contributed by atoms with Gasteiger partial charge in [-0.2, -0.15) is 13.2 Å². The van der Waals surface area contributed by atoms with Crippen LogP contribution in [0.15, 0.2) is 39.5 Å². The molecule has 0 saturated heterocycles. The summed E-state index contributed by atoms with van der Waals surface area (Å²) < 4.78 is 39.1. The lowest BCUT2D eigenvalue weighted by molar-refractivity contribution is -0.137. The molecule has 0 spiro atoms. The molecule has 114 valence electrons. The van der Waals surface area contributed by atoms with Crippen LogP contribution in [0.3, 0.4) is 0 Å². The molecule has 2 rings (SSSR count). The molecule has 2 unspecified atom stereocenters. The highest BCUT2D eigenvalue weighted by molar-refractivity contribution is 9.11. The predicted molar refractivity (Wildman–Crippen MR) is 80.2 cm³/mol. The van der Waals surface area contributed by atoms with Gasteiger partial charge in [0.15, 0.2) is 0 Å². The first-order valence-electron chi connectivity index (χ1n) is 6.12. The Kier molecular flexibility index (Phi) is 5.08. The molecule has 21 heavy (non-hydrogen) atoms. The molecule has 3 N–H and O–H groups in total. The number of hydrogen-bond acceptors (Lipinski definition) is 3. The first-order valence-corrected chi connectivity index (χ1v) is 7.79. The number of halogens is 4. The minimum atomic E-state index is -4.41. The molecule has 0 radical (unpaired) electrons. The second-order valence-corrected chi connectivity index (χ2v) is 6.88. The highest BCUT2D eigenvalue weighted by atomic mass is 79.9. The van der Waals surface area contributed by atoms with Crippen molar-refractivity contribution < 1.29 is 18.3 Å². The lowest BCUT2D eigenvalue weighted by Gasteiger charge is -2.22. The molecular formula is C14H13BrF3NOS. The Balaban J connectivity index is 2.33. The summed E-state index contributed by atoms with van der Waals surface area (Å²) in [5, 5.41) is 12.1. The van der Waals surface area contributed by atoms with Gasteiger partial charge in [-0.25, -0.2) is 0 Å². The number of nitrogens with two attached hydrogens (primary N) is 1. The normalized spacial score (nSPS) is 15.0. The summed E-state index contributed by atoms with van der Waals surface area (Å²) in [5.41, 5.74) is 5.94. The van der Waals surface area contributed by atoms with Crippen molar-refractivity contribution in [3.05, 3.63) is 56.2 Å². The molecule has 1 aromatic heterocycles. The molecule has 7 heteroatoms. The fourth-order valence-electron chi connectivity index (χ4n) is 2.10. The van der Waals surface area contributed by atoms with Gasteiger partial charge in [-0.1, -0.05) is 18.2 Å². The summed E-state index contributed by atoms with van der Waals surface area (Å²) in [4.78, 5) is 0. The number of benzene rings is 1. The third-order valence-electron chi connectivity index (χ3n) is 3.21. The Morgan fingerprint density at radius 3 is 2.48 bits per heavy atom. The first kappa shape index (κ1) is 16.5. The maximum absolute atomic E-state index is 12.8. The highest BCUT2D eigenvalue weighted by Gasteiger charge is 2.32. The first-order chi connectivity index (χ1) is 9.82. The maximum Gasteiger partial charge on any atom is 0.416 e. The van der Waals surface area contributed by atoms with Crippen LogP contribution in [0.1, 0.15) is 28.7 Å². The van der Waals surface area contributed by atoms with E-state index in [1.807, 2.05) is 0 Å². The van der Waals surface area contributed by atoms with E-state index in [-0.39, 0.29) is 6.54 Å². The van der Waals surface area contributed by atoms with Crippen molar-refractivity contribution in [3.63, 3.8) is 0 Å². The van der Waals surface area contributed by atoms with Crippen LogP contribution in [-0.2, 0) is 6.18 Å². The number of rotatable bonds is 4. The van der Waals surface area contributed by atoms with Gasteiger partial charge in [0.2, 0.25) is 0 Å². The average molecular weight is 380 g/mol. The largest absolute Gasteiger partial charge is 0.416 e. The molecule has 1 aromatic carbocycles. The van der Waals surface area contributed by atoms with Crippen LogP contribution in [0, 0.1) is 0 Å². The molecule has 2 atom stereocenters. The molecule has 0 aliphatic heterocycles. The van der Waals surface area contributed by atoms with E-state index in [1.165, 1.54) is 17.4 Å². The second kappa shape index (κ2) is 6.48. The Hall–Kier alpha value is -0.890. The maximum atomic E-state index is 12.8. The quantitative estimate of drug-likeness (QED) is 0.831. The van der Waals surface area contributed by atoms with Crippen LogP contribution in [0.5, 0.6) is 0 Å². The summed E-state index contributed by atoms with van der Waals surface area (Å²) in [6.45, 7) is 0.0515. The van der Waals surface area contributed by atoms with Gasteiger partial charge in [-0.05, 0) is 44.6 Å². The molecule has 0 saturated carbocycles. The Bertz CT molecular complexity index is 614. The van der Waals surface area contributed by atoms with E-state index in [4.69, 9.17) is 5.73 Å². The monoisotopic (exact) mass is 379 g/mol. The van der Waals surface area contributed by atoms with Crippen molar-refractivity contribution in [3.8, 4) is 0 Å². The molecule has 1 heterocycles. The van der Waals surface area contributed by atoms with Crippen molar-refractivity contribution in [2.75, 3.05) is 6.54 Å². The molecule has 2 nitrogen and oxygen atoms in total. The summed E-state index contributed by atoms with van der Waals surface area (Å²) in [6.07, 6.45) is -5.35. The second-order valence-electron chi connectivity index (χ2n) is 4.59. The van der Waals surface area contributed by atoms with Gasteiger partial charge in [0.25, 0.3) is 0 Å². The predicted octanol–water partition coefficient (Wildman–Crippen LogP) is 4.31. The van der Waals surface area contributed by atoms with Crippen molar-refractivity contribution in [1.29, 1.82) is 0 Å². The average Bonchev–Trinajstić information content (AvgIpc) is 2.85. The zero-order chi connectivity index (χ0) is 15.6. The highest BCUT2D eigenvalue weighted by Crippen LogP contribution is 2.36. The van der Waals surface area contributed by atoms with Crippen LogP contribution in [0.25, 0.3) is 0 Å². The van der Waals surface area contributed by atoms with Crippen molar-refractivity contribution in [2.24, 2.45) is 5.73 Å². The Labute approximate surface area is 132 Å². The Morgan fingerprint density at radius 1 is 1.24 bits per heavy atom. The van der Waals surface area contributed by atoms with E-state index in [0.717, 1.165) is 15.9 Å². The molecule has 0 fully saturated rings. The van der Waals surface area contributed by atoms with E-state index in [0.29, 0.717) is 11.1 Å². The number of thiophene rings is 1. The number of aliphatic hydroxyl groups is 1. The number of alkyl halides is 3. The van der Waals surface area contributed by atoms with Gasteiger partial charge in [-0.15, -0.1) is 11.3 Å². The molecule has 2 aromatic rings. The van der Waals surface area contributed by atoms with E-state index >= 15 is 0 Å². The van der Waals surface area contributed by atoms with Gasteiger partial charge in [0, 0.05) is 12.5 Å². The van der Waals surface area contributed by atoms with Crippen LogP contribution in [0.4, 0.5) is 13.2 Å². The number of hydrogen-bond donors (Lipinski definition) is 2.